The van der Waals surface area contributed by atoms with Crippen LogP contribution in [-0.4, -0.2) is 53.8 Å². The van der Waals surface area contributed by atoms with Gasteiger partial charge >= 0.3 is 6.09 Å². The third-order valence-electron chi connectivity index (χ3n) is 5.65. The minimum atomic E-state index is -0.476. The highest BCUT2D eigenvalue weighted by atomic mass is 16.7. The number of ether oxygens (including phenoxy) is 3. The molecule has 0 spiro atoms. The molecular formula is C22H28N2O5. The number of amides is 2. The summed E-state index contributed by atoms with van der Waals surface area (Å²) in [7, 11) is 0. The van der Waals surface area contributed by atoms with Gasteiger partial charge in [-0.05, 0) is 58.1 Å². The van der Waals surface area contributed by atoms with Crippen molar-refractivity contribution in [2.24, 2.45) is 5.92 Å². The third kappa shape index (κ3) is 3.91. The number of nitrogens with zero attached hydrogens (tertiary/aromatic N) is 2. The lowest BCUT2D eigenvalue weighted by atomic mass is 9.93. The third-order valence-corrected chi connectivity index (χ3v) is 5.65. The van der Waals surface area contributed by atoms with Gasteiger partial charge in [0.25, 0.3) is 5.91 Å². The summed E-state index contributed by atoms with van der Waals surface area (Å²) in [5, 5.41) is 0. The molecule has 7 heteroatoms. The van der Waals surface area contributed by atoms with Gasteiger partial charge in [0.05, 0.1) is 5.56 Å². The van der Waals surface area contributed by atoms with Gasteiger partial charge in [-0.3, -0.25) is 4.79 Å². The first kappa shape index (κ1) is 19.6. The standard InChI is InChI=1S/C22H28N2O5/c1-14-16-11-18-19(28-13-27-18)12-17(16)20(25)24(14)10-7-15-5-8-23(9-6-15)21(26)29-22(2,3)4/h11-12,15H,1,5-10,13H2,2-4H3. The predicted octanol–water partition coefficient (Wildman–Crippen LogP) is 3.88. The molecule has 0 saturated carbocycles. The zero-order valence-electron chi connectivity index (χ0n) is 17.3. The van der Waals surface area contributed by atoms with Gasteiger partial charge in [0.1, 0.15) is 5.60 Å². The molecule has 0 aliphatic carbocycles. The Morgan fingerprint density at radius 3 is 2.41 bits per heavy atom. The molecule has 1 fully saturated rings. The topological polar surface area (TPSA) is 68.3 Å². The molecule has 156 valence electrons. The number of likely N-dealkylation sites (tertiary alicyclic amines) is 1. The van der Waals surface area contributed by atoms with E-state index in [9.17, 15) is 9.59 Å². The van der Waals surface area contributed by atoms with Gasteiger partial charge in [0, 0.05) is 30.9 Å². The van der Waals surface area contributed by atoms with Crippen LogP contribution in [-0.2, 0) is 4.74 Å². The Kier molecular flexibility index (Phi) is 4.92. The first-order chi connectivity index (χ1) is 13.7. The zero-order chi connectivity index (χ0) is 20.8. The fourth-order valence-corrected chi connectivity index (χ4v) is 4.05. The van der Waals surface area contributed by atoms with Crippen molar-refractivity contribution < 1.29 is 23.8 Å². The average Bonchev–Trinajstić information content (AvgIpc) is 3.21. The van der Waals surface area contributed by atoms with E-state index in [1.165, 1.54) is 0 Å². The van der Waals surface area contributed by atoms with Crippen LogP contribution in [0.3, 0.4) is 0 Å². The molecule has 0 unspecified atom stereocenters. The molecule has 29 heavy (non-hydrogen) atoms. The molecule has 7 nitrogen and oxygen atoms in total. The summed E-state index contributed by atoms with van der Waals surface area (Å²) in [5.41, 5.74) is 1.68. The van der Waals surface area contributed by atoms with E-state index in [-0.39, 0.29) is 18.8 Å². The Bertz CT molecular complexity index is 806. The van der Waals surface area contributed by atoms with Gasteiger partial charge in [-0.1, -0.05) is 6.58 Å². The summed E-state index contributed by atoms with van der Waals surface area (Å²) < 4.78 is 16.3. The highest BCUT2D eigenvalue weighted by molar-refractivity contribution is 6.09. The maximum absolute atomic E-state index is 12.9. The van der Waals surface area contributed by atoms with E-state index < -0.39 is 5.60 Å². The summed E-state index contributed by atoms with van der Waals surface area (Å²) in [6.07, 6.45) is 2.47. The minimum Gasteiger partial charge on any atom is -0.454 e. The van der Waals surface area contributed by atoms with E-state index >= 15 is 0 Å². The molecule has 0 radical (unpaired) electrons. The second kappa shape index (κ2) is 7.28. The molecule has 2 amide bonds. The molecule has 1 aromatic carbocycles. The van der Waals surface area contributed by atoms with E-state index in [0.717, 1.165) is 30.5 Å². The lowest BCUT2D eigenvalue weighted by molar-refractivity contribution is 0.0180. The SMILES string of the molecule is C=C1c2cc3c(cc2C(=O)N1CCC1CCN(C(=O)OC(C)(C)C)CC1)OCO3. The highest BCUT2D eigenvalue weighted by Gasteiger charge is 2.34. The number of carbonyl (C=O) groups is 2. The quantitative estimate of drug-likeness (QED) is 0.770. The van der Waals surface area contributed by atoms with Crippen molar-refractivity contribution in [3.05, 3.63) is 29.8 Å². The number of carbonyl (C=O) groups excluding carboxylic acids is 2. The van der Waals surface area contributed by atoms with Crippen molar-refractivity contribution in [2.75, 3.05) is 26.4 Å². The molecule has 0 aromatic heterocycles. The van der Waals surface area contributed by atoms with Gasteiger partial charge in [0.15, 0.2) is 11.5 Å². The van der Waals surface area contributed by atoms with Crippen LogP contribution in [0.4, 0.5) is 4.79 Å². The van der Waals surface area contributed by atoms with Crippen LogP contribution >= 0.6 is 0 Å². The van der Waals surface area contributed by atoms with Crippen molar-refractivity contribution in [3.8, 4) is 11.5 Å². The molecule has 3 aliphatic heterocycles. The minimum absolute atomic E-state index is 0.0329. The highest BCUT2D eigenvalue weighted by Crippen LogP contribution is 2.41. The predicted molar refractivity (Wildman–Crippen MR) is 108 cm³/mol. The first-order valence-electron chi connectivity index (χ1n) is 10.2. The molecular weight excluding hydrogens is 372 g/mol. The monoisotopic (exact) mass is 400 g/mol. The van der Waals surface area contributed by atoms with Gasteiger partial charge in [-0.2, -0.15) is 0 Å². The van der Waals surface area contributed by atoms with Crippen molar-refractivity contribution >= 4 is 17.7 Å². The number of hydrogen-bond acceptors (Lipinski definition) is 5. The van der Waals surface area contributed by atoms with Crippen molar-refractivity contribution in [1.29, 1.82) is 0 Å². The fraction of sp³-hybridized carbons (Fsp3) is 0.545. The van der Waals surface area contributed by atoms with Crippen LogP contribution < -0.4 is 9.47 Å². The molecule has 0 atom stereocenters. The van der Waals surface area contributed by atoms with E-state index in [1.807, 2.05) is 26.8 Å². The Balaban J connectivity index is 1.31. The number of hydrogen-bond donors (Lipinski definition) is 0. The lowest BCUT2D eigenvalue weighted by Crippen LogP contribution is -2.42. The van der Waals surface area contributed by atoms with E-state index in [2.05, 4.69) is 6.58 Å². The Hall–Kier alpha value is -2.70. The van der Waals surface area contributed by atoms with Gasteiger partial charge in [0.2, 0.25) is 6.79 Å². The van der Waals surface area contributed by atoms with E-state index in [1.54, 1.807) is 15.9 Å². The Morgan fingerprint density at radius 1 is 1.17 bits per heavy atom. The van der Waals surface area contributed by atoms with Gasteiger partial charge in [-0.15, -0.1) is 0 Å². The lowest BCUT2D eigenvalue weighted by Gasteiger charge is -2.34. The van der Waals surface area contributed by atoms with Crippen molar-refractivity contribution in [2.45, 2.75) is 45.6 Å². The van der Waals surface area contributed by atoms with Gasteiger partial charge < -0.3 is 24.0 Å². The summed E-state index contributed by atoms with van der Waals surface area (Å²) in [4.78, 5) is 28.6. The number of piperidine rings is 1. The molecule has 1 saturated heterocycles. The second-order valence-corrected chi connectivity index (χ2v) is 8.85. The molecule has 1 aromatic rings. The van der Waals surface area contributed by atoms with Crippen molar-refractivity contribution in [1.82, 2.24) is 9.80 Å². The summed E-state index contributed by atoms with van der Waals surface area (Å²) in [6.45, 7) is 11.9. The second-order valence-electron chi connectivity index (χ2n) is 8.85. The summed E-state index contributed by atoms with van der Waals surface area (Å²) >= 11 is 0. The van der Waals surface area contributed by atoms with Crippen LogP contribution in [0.25, 0.3) is 5.70 Å². The molecule has 3 aliphatic rings. The maximum Gasteiger partial charge on any atom is 0.410 e. The van der Waals surface area contributed by atoms with E-state index in [0.29, 0.717) is 42.6 Å². The van der Waals surface area contributed by atoms with Crippen LogP contribution in [0.2, 0.25) is 0 Å². The molecule has 0 N–H and O–H groups in total. The van der Waals surface area contributed by atoms with E-state index in [4.69, 9.17) is 14.2 Å². The number of rotatable bonds is 3. The van der Waals surface area contributed by atoms with Crippen LogP contribution in [0.5, 0.6) is 11.5 Å². The summed E-state index contributed by atoms with van der Waals surface area (Å²) in [6, 6.07) is 3.60. The molecule has 4 rings (SSSR count). The fourth-order valence-electron chi connectivity index (χ4n) is 4.05. The maximum atomic E-state index is 12.9. The smallest absolute Gasteiger partial charge is 0.410 e. The number of benzene rings is 1. The summed E-state index contributed by atoms with van der Waals surface area (Å²) in [5.74, 6) is 1.71. The van der Waals surface area contributed by atoms with Crippen LogP contribution in [0, 0.1) is 5.92 Å². The largest absolute Gasteiger partial charge is 0.454 e. The van der Waals surface area contributed by atoms with Crippen molar-refractivity contribution in [3.63, 3.8) is 0 Å². The number of fused-ring (bicyclic) bond motifs is 2. The van der Waals surface area contributed by atoms with Crippen LogP contribution in [0.1, 0.15) is 56.0 Å². The average molecular weight is 400 g/mol. The van der Waals surface area contributed by atoms with Crippen LogP contribution in [0.15, 0.2) is 18.7 Å². The Morgan fingerprint density at radius 2 is 1.79 bits per heavy atom. The van der Waals surface area contributed by atoms with Gasteiger partial charge in [-0.25, -0.2) is 4.79 Å². The Labute approximate surface area is 171 Å². The first-order valence-corrected chi connectivity index (χ1v) is 10.2. The normalized spacial score (nSPS) is 19.0. The molecule has 0 bridgehead atoms. The molecule has 3 heterocycles. The zero-order valence-corrected chi connectivity index (χ0v) is 17.3.